The van der Waals surface area contributed by atoms with Crippen molar-refractivity contribution in [2.75, 3.05) is 26.4 Å². The number of hydrogen-bond donors (Lipinski definition) is 2. The van der Waals surface area contributed by atoms with Gasteiger partial charge in [0.2, 0.25) is 0 Å². The molecule has 3 atom stereocenters. The van der Waals surface area contributed by atoms with Crippen LogP contribution in [0.3, 0.4) is 0 Å². The van der Waals surface area contributed by atoms with Gasteiger partial charge in [-0.2, -0.15) is 0 Å². The molecule has 0 aliphatic heterocycles. The van der Waals surface area contributed by atoms with Crippen LogP contribution in [-0.4, -0.2) is 66.5 Å². The Morgan fingerprint density at radius 1 is 0.354 bits per heavy atom. The van der Waals surface area contributed by atoms with Crippen LogP contribution in [-0.2, 0) is 42.2 Å². The van der Waals surface area contributed by atoms with Crippen molar-refractivity contribution < 1.29 is 52.2 Å². The summed E-state index contributed by atoms with van der Waals surface area (Å²) in [6.45, 7) is 4.32. The first kappa shape index (κ1) is 77.6. The quantitative estimate of drug-likeness (QED) is 0.0197. The summed E-state index contributed by atoms with van der Waals surface area (Å²) < 4.78 is 39.6. The summed E-state index contributed by atoms with van der Waals surface area (Å²) in [7, 11) is -4.79. The Morgan fingerprint density at radius 3 is 1.06 bits per heavy atom. The van der Waals surface area contributed by atoms with Crippen molar-refractivity contribution >= 4 is 25.7 Å². The highest BCUT2D eigenvalue weighted by Gasteiger charge is 2.28. The zero-order valence-corrected chi connectivity index (χ0v) is 52.6. The smallest absolute Gasteiger partial charge is 0.462 e. The van der Waals surface area contributed by atoms with Crippen LogP contribution in [0.25, 0.3) is 0 Å². The van der Waals surface area contributed by atoms with Crippen LogP contribution >= 0.6 is 7.82 Å². The normalized spacial score (nSPS) is 14.2. The third-order valence-electron chi connectivity index (χ3n) is 13.1. The van der Waals surface area contributed by atoms with Crippen molar-refractivity contribution in [1.82, 2.24) is 0 Å². The highest BCUT2D eigenvalue weighted by atomic mass is 31.2. The number of carbonyl (C=O) groups is 3. The molecule has 0 saturated heterocycles. The fourth-order valence-corrected chi connectivity index (χ4v) is 9.03. The van der Waals surface area contributed by atoms with Gasteiger partial charge in [0, 0.05) is 19.3 Å². The first-order chi connectivity index (χ1) is 40.2. The largest absolute Gasteiger partial charge is 0.472 e. The number of hydrogen-bond acceptors (Lipinski definition) is 10. The van der Waals surface area contributed by atoms with Crippen molar-refractivity contribution in [2.24, 2.45) is 0 Å². The second kappa shape index (κ2) is 62.7. The van der Waals surface area contributed by atoms with E-state index in [-0.39, 0.29) is 25.9 Å². The van der Waals surface area contributed by atoms with Gasteiger partial charge in [0.05, 0.1) is 19.8 Å². The minimum Gasteiger partial charge on any atom is -0.462 e. The molecule has 466 valence electrons. The molecule has 0 radical (unpaired) electrons. The summed E-state index contributed by atoms with van der Waals surface area (Å²) in [5, 5.41) is 9.86. The third-order valence-corrected chi connectivity index (χ3v) is 14.0. The summed E-state index contributed by atoms with van der Waals surface area (Å²) in [5.41, 5.74) is 0. The second-order valence-electron chi connectivity index (χ2n) is 20.8. The van der Waals surface area contributed by atoms with Gasteiger partial charge in [0.1, 0.15) is 12.7 Å². The van der Waals surface area contributed by atoms with Gasteiger partial charge in [-0.3, -0.25) is 23.4 Å². The molecule has 0 aliphatic carbocycles. The summed E-state index contributed by atoms with van der Waals surface area (Å²) in [4.78, 5) is 48.7. The van der Waals surface area contributed by atoms with Crippen LogP contribution in [0, 0.1) is 0 Å². The zero-order chi connectivity index (χ0) is 59.8. The molecule has 0 aliphatic rings. The van der Waals surface area contributed by atoms with E-state index < -0.39 is 57.8 Å². The van der Waals surface area contributed by atoms with E-state index in [9.17, 15) is 28.9 Å². The minimum atomic E-state index is -4.79. The van der Waals surface area contributed by atoms with Gasteiger partial charge in [0.15, 0.2) is 6.10 Å². The van der Waals surface area contributed by atoms with Gasteiger partial charge in [-0.1, -0.05) is 244 Å². The Balaban J connectivity index is 4.84. The van der Waals surface area contributed by atoms with E-state index in [2.05, 4.69) is 142 Å². The second-order valence-corrected chi connectivity index (χ2v) is 22.3. The maximum atomic E-state index is 13.0. The molecule has 0 aromatic carbocycles. The number of phosphoric ester groups is 1. The van der Waals surface area contributed by atoms with Crippen LogP contribution in [0.2, 0.25) is 0 Å². The maximum absolute atomic E-state index is 13.0. The Hall–Kier alpha value is -4.38. The zero-order valence-electron chi connectivity index (χ0n) is 51.7. The number of phosphoric acid groups is 1. The van der Waals surface area contributed by atoms with Crippen molar-refractivity contribution in [1.29, 1.82) is 0 Å². The maximum Gasteiger partial charge on any atom is 0.472 e. The molecule has 0 rings (SSSR count). The average molecular weight is 1160 g/mol. The SMILES string of the molecule is CC/C=C\C/C=C\C/C=C\C/C=C\C/C=C\C/C=C\CCC(=O)OC(COC(=O)CCCCCCCC/C=C\C/C=C\C/C=C\C/C=C\CC)COP(=O)(O)OCC(CO)OC(=O)CCCCCCCCC/C=C\CCCCCCCC. The van der Waals surface area contributed by atoms with Crippen LogP contribution in [0.5, 0.6) is 0 Å². The molecular weight excluding hydrogens is 1050 g/mol. The third kappa shape index (κ3) is 60.2. The number of carbonyl (C=O) groups excluding carboxylic acids is 3. The molecule has 0 heterocycles. The summed E-state index contributed by atoms with van der Waals surface area (Å²) in [6, 6.07) is 0. The predicted molar refractivity (Wildman–Crippen MR) is 343 cm³/mol. The van der Waals surface area contributed by atoms with Crippen LogP contribution in [0.1, 0.15) is 252 Å². The first-order valence-corrected chi connectivity index (χ1v) is 33.6. The van der Waals surface area contributed by atoms with Gasteiger partial charge in [0.25, 0.3) is 0 Å². The Kier molecular flexibility index (Phi) is 59.3. The first-order valence-electron chi connectivity index (χ1n) is 32.1. The number of aliphatic hydroxyl groups excluding tert-OH is 1. The molecule has 12 heteroatoms. The lowest BCUT2D eigenvalue weighted by Gasteiger charge is -2.21. The number of allylic oxidation sites excluding steroid dienone is 22. The average Bonchev–Trinajstić information content (AvgIpc) is 3.50. The topological polar surface area (TPSA) is 155 Å². The van der Waals surface area contributed by atoms with Gasteiger partial charge in [-0.15, -0.1) is 0 Å². The molecule has 0 spiro atoms. The van der Waals surface area contributed by atoms with E-state index >= 15 is 0 Å². The van der Waals surface area contributed by atoms with Crippen LogP contribution in [0.4, 0.5) is 0 Å². The van der Waals surface area contributed by atoms with Gasteiger partial charge in [-0.05, 0) is 122 Å². The molecule has 0 fully saturated rings. The summed E-state index contributed by atoms with van der Waals surface area (Å²) in [6.07, 6.45) is 79.9. The predicted octanol–water partition coefficient (Wildman–Crippen LogP) is 19.7. The minimum absolute atomic E-state index is 0.0321. The number of aliphatic hydroxyl groups is 1. The van der Waals surface area contributed by atoms with E-state index in [0.717, 1.165) is 128 Å². The fraction of sp³-hybridized carbons (Fsp3) is 0.643. The summed E-state index contributed by atoms with van der Waals surface area (Å²) >= 11 is 0. The number of ether oxygens (including phenoxy) is 3. The van der Waals surface area contributed by atoms with Crippen molar-refractivity contribution in [3.8, 4) is 0 Å². The lowest BCUT2D eigenvalue weighted by Crippen LogP contribution is -2.30. The Bertz CT molecular complexity index is 1890. The molecule has 3 unspecified atom stereocenters. The Labute approximate surface area is 500 Å². The molecule has 11 nitrogen and oxygen atoms in total. The molecule has 0 aromatic heterocycles. The van der Waals surface area contributed by atoms with E-state index in [1.165, 1.54) is 57.8 Å². The molecule has 0 aromatic rings. The Morgan fingerprint density at radius 2 is 0.659 bits per heavy atom. The van der Waals surface area contributed by atoms with Gasteiger partial charge >= 0.3 is 25.7 Å². The number of unbranched alkanes of at least 4 members (excludes halogenated alkanes) is 19. The lowest BCUT2D eigenvalue weighted by molar-refractivity contribution is -0.161. The standard InChI is InChI=1S/C70H115O11P/c1-4-7-10-13-16-19-22-25-28-31-33-36-38-41-44-47-50-53-56-59-68(72)77-63-67(81-70(74)61-58-55-52-49-46-43-40-37-34-32-29-26-23-20-17-14-11-8-5-2)65-79-82(75,76)78-64-66(62-71)80-69(73)60-57-54-51-48-45-42-39-35-30-27-24-21-18-15-12-9-6-3/h7-8,10-11,16-17,19-20,25-30,33-34,36-37,43,46,52,55,66-67,71H,4-6,9,12-15,18,21-24,31-32,35,38-42,44-45,47-51,53-54,56-65H2,1-3H3,(H,75,76)/b10-7-,11-8-,19-16-,20-17-,28-25-,29-26-,30-27-,36-33-,37-34-,46-43-,55-52-. The monoisotopic (exact) mass is 1160 g/mol. The molecular formula is C70H115O11P. The number of rotatable bonds is 58. The highest BCUT2D eigenvalue weighted by Crippen LogP contribution is 2.43. The van der Waals surface area contributed by atoms with Crippen molar-refractivity contribution in [3.63, 3.8) is 0 Å². The van der Waals surface area contributed by atoms with E-state index in [4.69, 9.17) is 23.3 Å². The summed E-state index contributed by atoms with van der Waals surface area (Å²) in [5.74, 6) is -1.60. The van der Waals surface area contributed by atoms with E-state index in [0.29, 0.717) is 25.7 Å². The van der Waals surface area contributed by atoms with E-state index in [1.54, 1.807) is 0 Å². The molecule has 0 amide bonds. The van der Waals surface area contributed by atoms with Crippen LogP contribution in [0.15, 0.2) is 134 Å². The highest BCUT2D eigenvalue weighted by molar-refractivity contribution is 7.47. The van der Waals surface area contributed by atoms with Gasteiger partial charge < -0.3 is 24.2 Å². The van der Waals surface area contributed by atoms with Crippen molar-refractivity contribution in [2.45, 2.75) is 264 Å². The van der Waals surface area contributed by atoms with Crippen molar-refractivity contribution in [3.05, 3.63) is 134 Å². The van der Waals surface area contributed by atoms with Crippen LogP contribution < -0.4 is 0 Å². The van der Waals surface area contributed by atoms with E-state index in [1.807, 2.05) is 12.2 Å². The fourth-order valence-electron chi connectivity index (χ4n) is 8.25. The molecule has 2 N–H and O–H groups in total. The van der Waals surface area contributed by atoms with Gasteiger partial charge in [-0.25, -0.2) is 4.57 Å². The molecule has 0 saturated carbocycles. The molecule has 82 heavy (non-hydrogen) atoms. The lowest BCUT2D eigenvalue weighted by atomic mass is 10.1. The molecule has 0 bridgehead atoms. The number of esters is 3.